The van der Waals surface area contributed by atoms with Crippen molar-refractivity contribution in [3.8, 4) is 0 Å². The average molecular weight is 433 g/mol. The van der Waals surface area contributed by atoms with Crippen LogP contribution in [0.15, 0.2) is 59.5 Å². The van der Waals surface area contributed by atoms with Crippen LogP contribution < -0.4 is 14.9 Å². The van der Waals surface area contributed by atoms with Gasteiger partial charge in [0.1, 0.15) is 0 Å². The number of imide groups is 1. The van der Waals surface area contributed by atoms with Crippen LogP contribution in [0.25, 0.3) is 0 Å². The highest BCUT2D eigenvalue weighted by molar-refractivity contribution is 7.92. The van der Waals surface area contributed by atoms with Crippen molar-refractivity contribution in [2.45, 2.75) is 24.8 Å². The molecule has 30 heavy (non-hydrogen) atoms. The fraction of sp³-hybridized carbons (Fsp3) is 0.250. The van der Waals surface area contributed by atoms with Gasteiger partial charge < -0.3 is 10.1 Å². The van der Waals surface area contributed by atoms with Crippen LogP contribution in [0.2, 0.25) is 0 Å². The monoisotopic (exact) mass is 433 g/mol. The molecule has 2 N–H and O–H groups in total. The Hall–Kier alpha value is -3.40. The molecule has 0 unspecified atom stereocenters. The Labute approximate surface area is 175 Å². The van der Waals surface area contributed by atoms with Crippen molar-refractivity contribution >= 4 is 33.6 Å². The first-order valence-electron chi connectivity index (χ1n) is 9.12. The molecule has 0 saturated carbocycles. The van der Waals surface area contributed by atoms with E-state index in [9.17, 15) is 22.8 Å². The van der Waals surface area contributed by atoms with E-state index in [1.54, 1.807) is 37.3 Å². The number of carbonyl (C=O) groups is 3. The van der Waals surface area contributed by atoms with E-state index in [4.69, 9.17) is 4.74 Å². The maximum absolute atomic E-state index is 13.0. The second kappa shape index (κ2) is 9.88. The van der Waals surface area contributed by atoms with E-state index >= 15 is 0 Å². The molecule has 0 aliphatic rings. The fourth-order valence-corrected chi connectivity index (χ4v) is 4.01. The second-order valence-corrected chi connectivity index (χ2v) is 8.01. The number of rotatable bonds is 7. The van der Waals surface area contributed by atoms with Crippen molar-refractivity contribution in [3.63, 3.8) is 0 Å². The number of urea groups is 1. The van der Waals surface area contributed by atoms with Crippen molar-refractivity contribution in [3.05, 3.63) is 60.2 Å². The van der Waals surface area contributed by atoms with Crippen molar-refractivity contribution in [2.75, 3.05) is 17.9 Å². The molecule has 0 aromatic heterocycles. The summed E-state index contributed by atoms with van der Waals surface area (Å²) in [5, 5.41) is 4.21. The Morgan fingerprint density at radius 3 is 2.17 bits per heavy atom. The second-order valence-electron chi connectivity index (χ2n) is 6.15. The first-order valence-corrected chi connectivity index (χ1v) is 10.6. The van der Waals surface area contributed by atoms with Crippen molar-refractivity contribution in [1.29, 1.82) is 0 Å². The Morgan fingerprint density at radius 2 is 1.63 bits per heavy atom. The Balaban J connectivity index is 2.14. The van der Waals surface area contributed by atoms with Crippen LogP contribution >= 0.6 is 0 Å². The number of hydrogen-bond donors (Lipinski definition) is 2. The number of carbonyl (C=O) groups excluding carboxylic acids is 3. The zero-order valence-electron chi connectivity index (χ0n) is 16.8. The van der Waals surface area contributed by atoms with Gasteiger partial charge in [-0.25, -0.2) is 18.0 Å². The summed E-state index contributed by atoms with van der Waals surface area (Å²) in [6.45, 7) is 3.27. The number of para-hydroxylation sites is 1. The predicted octanol–water partition coefficient (Wildman–Crippen LogP) is 1.90. The number of esters is 1. The number of nitrogens with zero attached hydrogens (tertiary/aromatic N) is 1. The molecule has 2 aromatic carbocycles. The number of sulfonamides is 1. The van der Waals surface area contributed by atoms with E-state index in [-0.39, 0.29) is 17.0 Å². The molecule has 10 heteroatoms. The van der Waals surface area contributed by atoms with Gasteiger partial charge in [-0.3, -0.25) is 14.4 Å². The summed E-state index contributed by atoms with van der Waals surface area (Å²) in [5.74, 6) is -1.61. The molecule has 0 bridgehead atoms. The maximum Gasteiger partial charge on any atom is 0.338 e. The number of ether oxygens (including phenoxy) is 1. The number of anilines is 1. The molecule has 9 nitrogen and oxygen atoms in total. The van der Waals surface area contributed by atoms with Crippen LogP contribution in [0.5, 0.6) is 0 Å². The zero-order chi connectivity index (χ0) is 22.3. The van der Waals surface area contributed by atoms with Gasteiger partial charge >= 0.3 is 12.0 Å². The summed E-state index contributed by atoms with van der Waals surface area (Å²) in [6.07, 6.45) is -1.22. The molecule has 0 aliphatic carbocycles. The summed E-state index contributed by atoms with van der Waals surface area (Å²) < 4.78 is 32.2. The number of amides is 3. The predicted molar refractivity (Wildman–Crippen MR) is 111 cm³/mol. The Bertz CT molecular complexity index is 1010. The summed E-state index contributed by atoms with van der Waals surface area (Å²) in [6, 6.07) is 13.1. The minimum absolute atomic E-state index is 0.00941. The first kappa shape index (κ1) is 22.9. The minimum atomic E-state index is -3.83. The van der Waals surface area contributed by atoms with Crippen molar-refractivity contribution in [2.24, 2.45) is 0 Å². The van der Waals surface area contributed by atoms with Crippen molar-refractivity contribution in [1.82, 2.24) is 10.6 Å². The highest BCUT2D eigenvalue weighted by Gasteiger charge is 2.25. The molecule has 2 aromatic rings. The molecule has 0 fully saturated rings. The van der Waals surface area contributed by atoms with E-state index in [0.717, 1.165) is 0 Å². The summed E-state index contributed by atoms with van der Waals surface area (Å²) >= 11 is 0. The third kappa shape index (κ3) is 5.35. The molecule has 3 amide bonds. The minimum Gasteiger partial charge on any atom is -0.449 e. The largest absolute Gasteiger partial charge is 0.449 e. The normalized spacial score (nSPS) is 11.8. The van der Waals surface area contributed by atoms with Crippen LogP contribution in [0.4, 0.5) is 10.5 Å². The zero-order valence-corrected chi connectivity index (χ0v) is 17.6. The van der Waals surface area contributed by atoms with E-state index in [0.29, 0.717) is 5.69 Å². The lowest BCUT2D eigenvalue weighted by molar-refractivity contribution is -0.127. The van der Waals surface area contributed by atoms with Gasteiger partial charge in [0.15, 0.2) is 6.10 Å². The maximum atomic E-state index is 13.0. The van der Waals surface area contributed by atoms with Crippen LogP contribution in [0, 0.1) is 0 Å². The molecular formula is C20H23N3O6S. The Kier molecular flexibility index (Phi) is 7.54. The molecule has 160 valence electrons. The first-order chi connectivity index (χ1) is 14.2. The van der Waals surface area contributed by atoms with E-state index in [1.165, 1.54) is 42.5 Å². The Morgan fingerprint density at radius 1 is 1.03 bits per heavy atom. The van der Waals surface area contributed by atoms with Crippen molar-refractivity contribution < 1.29 is 27.5 Å². The lowest BCUT2D eigenvalue weighted by atomic mass is 10.2. The lowest BCUT2D eigenvalue weighted by Crippen LogP contribution is -2.43. The number of benzene rings is 2. The van der Waals surface area contributed by atoms with Crippen LogP contribution in [0.1, 0.15) is 24.2 Å². The SMILES string of the molecule is CCN(c1ccccc1)S(=O)(=O)c1ccc(C(=O)O[C@@H](C)C(=O)NC(=O)NC)cc1. The summed E-state index contributed by atoms with van der Waals surface area (Å²) in [5.41, 5.74) is 0.593. The standard InChI is InChI=1S/C20H23N3O6S/c1-4-23(16-8-6-5-7-9-16)30(27,28)17-12-10-15(11-13-17)19(25)29-14(2)18(24)22-20(26)21-3/h5-14H,4H2,1-3H3,(H2,21,22,24,26)/t14-/m0/s1. The molecule has 0 spiro atoms. The lowest BCUT2D eigenvalue weighted by Gasteiger charge is -2.23. The van der Waals surface area contributed by atoms with Gasteiger partial charge in [0.25, 0.3) is 15.9 Å². The van der Waals surface area contributed by atoms with Gasteiger partial charge in [-0.15, -0.1) is 0 Å². The number of hydrogen-bond acceptors (Lipinski definition) is 6. The molecule has 0 heterocycles. The molecular weight excluding hydrogens is 410 g/mol. The van der Waals surface area contributed by atoms with Gasteiger partial charge in [0.2, 0.25) is 0 Å². The summed E-state index contributed by atoms with van der Waals surface area (Å²) in [4.78, 5) is 35.2. The number of nitrogens with one attached hydrogen (secondary N) is 2. The van der Waals surface area contributed by atoms with Gasteiger partial charge in [-0.2, -0.15) is 0 Å². The molecule has 1 atom stereocenters. The van der Waals surface area contributed by atoms with E-state index in [1.807, 2.05) is 5.32 Å². The topological polar surface area (TPSA) is 122 Å². The highest BCUT2D eigenvalue weighted by atomic mass is 32.2. The van der Waals surface area contributed by atoms with Crippen LogP contribution in [-0.4, -0.2) is 46.0 Å². The highest BCUT2D eigenvalue weighted by Crippen LogP contribution is 2.23. The van der Waals surface area contributed by atoms with Gasteiger partial charge in [0, 0.05) is 13.6 Å². The molecule has 0 aliphatic heterocycles. The third-order valence-corrected chi connectivity index (χ3v) is 6.04. The van der Waals surface area contributed by atoms with Gasteiger partial charge in [-0.05, 0) is 50.2 Å². The third-order valence-electron chi connectivity index (χ3n) is 4.13. The van der Waals surface area contributed by atoms with Crippen LogP contribution in [0.3, 0.4) is 0 Å². The van der Waals surface area contributed by atoms with Crippen LogP contribution in [-0.2, 0) is 19.6 Å². The average Bonchev–Trinajstić information content (AvgIpc) is 2.74. The van der Waals surface area contributed by atoms with E-state index < -0.39 is 34.0 Å². The smallest absolute Gasteiger partial charge is 0.338 e. The summed E-state index contributed by atoms with van der Waals surface area (Å²) in [7, 11) is -2.49. The molecule has 2 rings (SSSR count). The van der Waals surface area contributed by atoms with Gasteiger partial charge in [0.05, 0.1) is 16.1 Å². The quantitative estimate of drug-likeness (QED) is 0.643. The van der Waals surface area contributed by atoms with Gasteiger partial charge in [-0.1, -0.05) is 18.2 Å². The molecule has 0 radical (unpaired) electrons. The fourth-order valence-electron chi connectivity index (χ4n) is 2.53. The van der Waals surface area contributed by atoms with E-state index in [2.05, 4.69) is 5.32 Å². The molecule has 0 saturated heterocycles.